The number of nitrogens with zero attached hydrogens (tertiary/aromatic N) is 1. The monoisotopic (exact) mass is 234 g/mol. The molecule has 0 aliphatic rings. The van der Waals surface area contributed by atoms with Crippen molar-refractivity contribution in [1.82, 2.24) is 0 Å². The average molecular weight is 234 g/mol. The van der Waals surface area contributed by atoms with Crippen LogP contribution < -0.4 is 4.57 Å². The van der Waals surface area contributed by atoms with Crippen molar-refractivity contribution in [2.24, 2.45) is 0 Å². The standard InChI is InChI=1S/C17H16N/c1-14-11-12-16-9-5-6-10-17(16)18(14)13-15-7-3-2-4-8-15/h2-12H,13H2,1H3/q+1. The fourth-order valence-electron chi connectivity index (χ4n) is 2.34. The molecule has 1 nitrogen and oxygen atoms in total. The number of benzene rings is 2. The minimum Gasteiger partial charge on any atom is -0.191 e. The smallest absolute Gasteiger partial charge is 0.191 e. The molecule has 0 radical (unpaired) electrons. The maximum Gasteiger partial charge on any atom is 0.212 e. The second kappa shape index (κ2) is 4.61. The van der Waals surface area contributed by atoms with Crippen molar-refractivity contribution < 1.29 is 4.57 Å². The van der Waals surface area contributed by atoms with Crippen LogP contribution >= 0.6 is 0 Å². The van der Waals surface area contributed by atoms with Crippen molar-refractivity contribution in [2.75, 3.05) is 0 Å². The Labute approximate surface area is 107 Å². The largest absolute Gasteiger partial charge is 0.212 e. The van der Waals surface area contributed by atoms with Crippen LogP contribution in [-0.4, -0.2) is 0 Å². The maximum atomic E-state index is 2.37. The highest BCUT2D eigenvalue weighted by Crippen LogP contribution is 2.11. The van der Waals surface area contributed by atoms with Gasteiger partial charge in [0.1, 0.15) is 0 Å². The first-order valence-electron chi connectivity index (χ1n) is 6.27. The Hall–Kier alpha value is -2.15. The summed E-state index contributed by atoms with van der Waals surface area (Å²) in [6.45, 7) is 3.09. The molecule has 1 aromatic heterocycles. The van der Waals surface area contributed by atoms with Crippen molar-refractivity contribution >= 4 is 10.9 Å². The number of fused-ring (bicyclic) bond motifs is 1. The first kappa shape index (κ1) is 11.0. The van der Waals surface area contributed by atoms with E-state index in [1.165, 1.54) is 22.2 Å². The molecule has 0 N–H and O–H groups in total. The van der Waals surface area contributed by atoms with Gasteiger partial charge in [0.05, 0.1) is 0 Å². The lowest BCUT2D eigenvalue weighted by atomic mass is 10.1. The number of hydrogen-bond acceptors (Lipinski definition) is 0. The third kappa shape index (κ3) is 2.00. The highest BCUT2D eigenvalue weighted by molar-refractivity contribution is 5.75. The van der Waals surface area contributed by atoms with E-state index in [0.29, 0.717) is 0 Å². The van der Waals surface area contributed by atoms with Gasteiger partial charge in [0.2, 0.25) is 5.52 Å². The second-order valence-electron chi connectivity index (χ2n) is 4.61. The molecule has 0 unspecified atom stereocenters. The van der Waals surface area contributed by atoms with Gasteiger partial charge < -0.3 is 0 Å². The molecule has 0 atom stereocenters. The third-order valence-electron chi connectivity index (χ3n) is 3.34. The molecule has 0 spiro atoms. The highest BCUT2D eigenvalue weighted by Gasteiger charge is 2.12. The molecule has 1 heteroatoms. The number of hydrogen-bond donors (Lipinski definition) is 0. The molecule has 0 aliphatic carbocycles. The van der Waals surface area contributed by atoms with Gasteiger partial charge in [0.15, 0.2) is 12.2 Å². The van der Waals surface area contributed by atoms with Crippen LogP contribution in [0.1, 0.15) is 11.3 Å². The van der Waals surface area contributed by atoms with Crippen LogP contribution in [0.15, 0.2) is 66.7 Å². The summed E-state index contributed by atoms with van der Waals surface area (Å²) in [5.41, 5.74) is 3.92. The Bertz CT molecular complexity index is 672. The summed E-state index contributed by atoms with van der Waals surface area (Å²) >= 11 is 0. The van der Waals surface area contributed by atoms with E-state index in [1.807, 2.05) is 0 Å². The Morgan fingerprint density at radius 3 is 2.33 bits per heavy atom. The van der Waals surface area contributed by atoms with E-state index < -0.39 is 0 Å². The molecule has 1 heterocycles. The Kier molecular flexibility index (Phi) is 2.81. The zero-order valence-corrected chi connectivity index (χ0v) is 10.5. The third-order valence-corrected chi connectivity index (χ3v) is 3.34. The first-order valence-corrected chi connectivity index (χ1v) is 6.27. The van der Waals surface area contributed by atoms with Crippen LogP contribution in [0.3, 0.4) is 0 Å². The van der Waals surface area contributed by atoms with Crippen molar-refractivity contribution in [3.63, 3.8) is 0 Å². The van der Waals surface area contributed by atoms with Crippen LogP contribution in [0.2, 0.25) is 0 Å². The van der Waals surface area contributed by atoms with Crippen LogP contribution in [0, 0.1) is 6.92 Å². The van der Waals surface area contributed by atoms with Crippen LogP contribution in [0.25, 0.3) is 10.9 Å². The van der Waals surface area contributed by atoms with Crippen molar-refractivity contribution in [1.29, 1.82) is 0 Å². The molecule has 0 amide bonds. The van der Waals surface area contributed by atoms with E-state index in [9.17, 15) is 0 Å². The van der Waals surface area contributed by atoms with Gasteiger partial charge >= 0.3 is 0 Å². The van der Waals surface area contributed by atoms with Gasteiger partial charge in [0, 0.05) is 30.0 Å². The fourth-order valence-corrected chi connectivity index (χ4v) is 2.34. The van der Waals surface area contributed by atoms with Gasteiger partial charge in [-0.15, -0.1) is 0 Å². The van der Waals surface area contributed by atoms with E-state index in [2.05, 4.69) is 78.2 Å². The van der Waals surface area contributed by atoms with E-state index in [-0.39, 0.29) is 0 Å². The lowest BCUT2D eigenvalue weighted by Gasteiger charge is -2.04. The lowest BCUT2D eigenvalue weighted by Crippen LogP contribution is -2.38. The van der Waals surface area contributed by atoms with Gasteiger partial charge in [0.25, 0.3) is 0 Å². The Balaban J connectivity index is 2.13. The number of pyridine rings is 1. The molecule has 18 heavy (non-hydrogen) atoms. The number of aromatic nitrogens is 1. The summed E-state index contributed by atoms with van der Waals surface area (Å²) in [4.78, 5) is 0. The summed E-state index contributed by atoms with van der Waals surface area (Å²) in [5, 5.41) is 1.29. The van der Waals surface area contributed by atoms with E-state index in [0.717, 1.165) is 6.54 Å². The van der Waals surface area contributed by atoms with Gasteiger partial charge in [-0.3, -0.25) is 0 Å². The molecular formula is C17H16N+. The summed E-state index contributed by atoms with van der Waals surface area (Å²) in [6.07, 6.45) is 0. The number of rotatable bonds is 2. The predicted molar refractivity (Wildman–Crippen MR) is 74.4 cm³/mol. The summed E-state index contributed by atoms with van der Waals surface area (Å²) in [7, 11) is 0. The highest BCUT2D eigenvalue weighted by atomic mass is 15.0. The summed E-state index contributed by atoms with van der Waals surface area (Å²) < 4.78 is 2.37. The molecule has 3 aromatic rings. The van der Waals surface area contributed by atoms with Crippen LogP contribution in [0.5, 0.6) is 0 Å². The quantitative estimate of drug-likeness (QED) is 0.598. The molecular weight excluding hydrogens is 218 g/mol. The van der Waals surface area contributed by atoms with Gasteiger partial charge in [-0.1, -0.05) is 42.5 Å². The van der Waals surface area contributed by atoms with Crippen LogP contribution in [-0.2, 0) is 6.54 Å². The summed E-state index contributed by atoms with van der Waals surface area (Å²) in [6, 6.07) is 23.5. The Morgan fingerprint density at radius 1 is 0.778 bits per heavy atom. The topological polar surface area (TPSA) is 3.88 Å². The molecule has 2 aromatic carbocycles. The molecule has 0 saturated heterocycles. The van der Waals surface area contributed by atoms with Gasteiger partial charge in [-0.2, -0.15) is 4.57 Å². The molecule has 0 aliphatic heterocycles. The SMILES string of the molecule is Cc1ccc2ccccc2[n+]1Cc1ccccc1. The molecule has 3 rings (SSSR count). The molecule has 0 saturated carbocycles. The number of para-hydroxylation sites is 1. The molecule has 88 valence electrons. The first-order chi connectivity index (χ1) is 8.84. The van der Waals surface area contributed by atoms with Crippen molar-refractivity contribution in [3.05, 3.63) is 78.0 Å². The predicted octanol–water partition coefficient (Wildman–Crippen LogP) is 3.48. The molecule has 0 fully saturated rings. The van der Waals surface area contributed by atoms with Gasteiger partial charge in [-0.05, 0) is 12.1 Å². The minimum absolute atomic E-state index is 0.925. The van der Waals surface area contributed by atoms with Gasteiger partial charge in [-0.25, -0.2) is 0 Å². The minimum atomic E-state index is 0.925. The van der Waals surface area contributed by atoms with Crippen molar-refractivity contribution in [3.8, 4) is 0 Å². The fraction of sp³-hybridized carbons (Fsp3) is 0.118. The second-order valence-corrected chi connectivity index (χ2v) is 4.61. The van der Waals surface area contributed by atoms with E-state index in [4.69, 9.17) is 0 Å². The zero-order valence-electron chi connectivity index (χ0n) is 10.5. The zero-order chi connectivity index (χ0) is 12.4. The Morgan fingerprint density at radius 2 is 1.50 bits per heavy atom. The van der Waals surface area contributed by atoms with E-state index in [1.54, 1.807) is 0 Å². The summed E-state index contributed by atoms with van der Waals surface area (Å²) in [5.74, 6) is 0. The molecule has 0 bridgehead atoms. The average Bonchev–Trinajstić information content (AvgIpc) is 2.43. The number of aryl methyl sites for hydroxylation is 1. The van der Waals surface area contributed by atoms with Crippen molar-refractivity contribution in [2.45, 2.75) is 13.5 Å². The lowest BCUT2D eigenvalue weighted by molar-refractivity contribution is -0.668. The maximum absolute atomic E-state index is 2.37. The van der Waals surface area contributed by atoms with E-state index >= 15 is 0 Å². The van der Waals surface area contributed by atoms with Crippen LogP contribution in [0.4, 0.5) is 0 Å². The normalized spacial score (nSPS) is 10.7.